The van der Waals surface area contributed by atoms with E-state index in [1.165, 1.54) is 0 Å². The molecular weight excluding hydrogens is 256 g/mol. The fraction of sp³-hybridized carbons (Fsp3) is 0.364. The molecule has 0 aromatic heterocycles. The third-order valence-electron chi connectivity index (χ3n) is 2.62. The van der Waals surface area contributed by atoms with Crippen LogP contribution in [0.1, 0.15) is 23.2 Å². The standard InChI is InChI=1S/C11H13BrN2O/c12-10-7-8(13)3-4-9(10)11(15)14-5-1-2-6-14/h3-4,7H,1-2,5-6,13H2. The lowest BCUT2D eigenvalue weighted by atomic mass is 10.2. The predicted octanol–water partition coefficient (Wildman–Crippen LogP) is 2.27. The van der Waals surface area contributed by atoms with Gasteiger partial charge in [-0.3, -0.25) is 4.79 Å². The molecule has 0 aliphatic carbocycles. The molecule has 1 fully saturated rings. The second kappa shape index (κ2) is 4.23. The Morgan fingerprint density at radius 1 is 1.33 bits per heavy atom. The van der Waals surface area contributed by atoms with Gasteiger partial charge >= 0.3 is 0 Å². The fourth-order valence-corrected chi connectivity index (χ4v) is 2.36. The van der Waals surface area contributed by atoms with Crippen LogP contribution in [-0.4, -0.2) is 23.9 Å². The molecule has 1 saturated heterocycles. The molecule has 1 aliphatic heterocycles. The number of benzene rings is 1. The summed E-state index contributed by atoms with van der Waals surface area (Å²) in [5, 5.41) is 0. The highest BCUT2D eigenvalue weighted by atomic mass is 79.9. The van der Waals surface area contributed by atoms with E-state index in [4.69, 9.17) is 5.73 Å². The highest BCUT2D eigenvalue weighted by Crippen LogP contribution is 2.22. The van der Waals surface area contributed by atoms with Crippen molar-refractivity contribution in [2.75, 3.05) is 18.8 Å². The van der Waals surface area contributed by atoms with Gasteiger partial charge in [-0.2, -0.15) is 0 Å². The number of nitrogens with zero attached hydrogens (tertiary/aromatic N) is 1. The number of amides is 1. The summed E-state index contributed by atoms with van der Waals surface area (Å²) in [6, 6.07) is 5.30. The van der Waals surface area contributed by atoms with Gasteiger partial charge in [0, 0.05) is 23.2 Å². The number of likely N-dealkylation sites (tertiary alicyclic amines) is 1. The second-order valence-corrected chi connectivity index (χ2v) is 4.59. The van der Waals surface area contributed by atoms with Crippen LogP contribution in [0.5, 0.6) is 0 Å². The summed E-state index contributed by atoms with van der Waals surface area (Å²) in [5.41, 5.74) is 6.99. The Balaban J connectivity index is 2.24. The molecule has 80 valence electrons. The molecule has 15 heavy (non-hydrogen) atoms. The zero-order valence-corrected chi connectivity index (χ0v) is 9.96. The summed E-state index contributed by atoms with van der Waals surface area (Å²) in [4.78, 5) is 13.9. The van der Waals surface area contributed by atoms with E-state index in [9.17, 15) is 4.79 Å². The minimum Gasteiger partial charge on any atom is -0.399 e. The molecule has 1 aliphatic rings. The van der Waals surface area contributed by atoms with Gasteiger partial charge in [0.25, 0.3) is 5.91 Å². The van der Waals surface area contributed by atoms with E-state index in [2.05, 4.69) is 15.9 Å². The van der Waals surface area contributed by atoms with Crippen LogP contribution in [0.4, 0.5) is 5.69 Å². The maximum absolute atomic E-state index is 12.0. The molecule has 1 heterocycles. The van der Waals surface area contributed by atoms with Crippen molar-refractivity contribution in [1.29, 1.82) is 0 Å². The molecule has 2 N–H and O–H groups in total. The van der Waals surface area contributed by atoms with E-state index in [1.54, 1.807) is 18.2 Å². The lowest BCUT2D eigenvalue weighted by molar-refractivity contribution is 0.0792. The Labute approximate surface area is 97.4 Å². The summed E-state index contributed by atoms with van der Waals surface area (Å²) in [6.45, 7) is 1.74. The van der Waals surface area contributed by atoms with Gasteiger partial charge in [-0.05, 0) is 47.0 Å². The van der Waals surface area contributed by atoms with Crippen molar-refractivity contribution in [1.82, 2.24) is 4.90 Å². The van der Waals surface area contributed by atoms with Crippen molar-refractivity contribution >= 4 is 27.5 Å². The van der Waals surface area contributed by atoms with E-state index in [0.717, 1.165) is 30.4 Å². The van der Waals surface area contributed by atoms with E-state index >= 15 is 0 Å². The smallest absolute Gasteiger partial charge is 0.254 e. The van der Waals surface area contributed by atoms with Crippen LogP contribution in [0.3, 0.4) is 0 Å². The van der Waals surface area contributed by atoms with Gasteiger partial charge < -0.3 is 10.6 Å². The molecule has 0 atom stereocenters. The van der Waals surface area contributed by atoms with Crippen LogP contribution in [-0.2, 0) is 0 Å². The lowest BCUT2D eigenvalue weighted by Crippen LogP contribution is -2.27. The van der Waals surface area contributed by atoms with Crippen molar-refractivity contribution < 1.29 is 4.79 Å². The molecule has 0 saturated carbocycles. The molecule has 0 unspecified atom stereocenters. The molecule has 0 radical (unpaired) electrons. The van der Waals surface area contributed by atoms with Gasteiger partial charge in [0.15, 0.2) is 0 Å². The molecule has 1 aromatic carbocycles. The van der Waals surface area contributed by atoms with Crippen LogP contribution in [0.15, 0.2) is 22.7 Å². The summed E-state index contributed by atoms with van der Waals surface area (Å²) in [7, 11) is 0. The average molecular weight is 269 g/mol. The first-order valence-corrected chi connectivity index (χ1v) is 5.82. The maximum Gasteiger partial charge on any atom is 0.254 e. The van der Waals surface area contributed by atoms with E-state index < -0.39 is 0 Å². The quantitative estimate of drug-likeness (QED) is 0.795. The van der Waals surface area contributed by atoms with Gasteiger partial charge in [0.05, 0.1) is 5.56 Å². The highest BCUT2D eigenvalue weighted by Gasteiger charge is 2.20. The average Bonchev–Trinajstić information content (AvgIpc) is 2.69. The number of nitrogens with two attached hydrogens (primary N) is 1. The maximum atomic E-state index is 12.0. The van der Waals surface area contributed by atoms with Crippen molar-refractivity contribution in [3.63, 3.8) is 0 Å². The minimum atomic E-state index is 0.0966. The molecule has 4 heteroatoms. The van der Waals surface area contributed by atoms with E-state index in [1.807, 2.05) is 4.90 Å². The second-order valence-electron chi connectivity index (χ2n) is 3.74. The van der Waals surface area contributed by atoms with Gasteiger partial charge in [0.1, 0.15) is 0 Å². The Kier molecular flexibility index (Phi) is 2.95. The zero-order chi connectivity index (χ0) is 10.8. The van der Waals surface area contributed by atoms with Gasteiger partial charge in [-0.25, -0.2) is 0 Å². The Morgan fingerprint density at radius 3 is 2.60 bits per heavy atom. The number of rotatable bonds is 1. The molecule has 0 spiro atoms. The summed E-state index contributed by atoms with van der Waals surface area (Å²) in [5.74, 6) is 0.0966. The Bertz CT molecular complexity index is 386. The first-order valence-electron chi connectivity index (χ1n) is 5.03. The number of carbonyl (C=O) groups excluding carboxylic acids is 1. The Morgan fingerprint density at radius 2 is 2.00 bits per heavy atom. The lowest BCUT2D eigenvalue weighted by Gasteiger charge is -2.16. The van der Waals surface area contributed by atoms with Crippen molar-refractivity contribution in [3.8, 4) is 0 Å². The molecule has 0 bridgehead atoms. The summed E-state index contributed by atoms with van der Waals surface area (Å²) >= 11 is 3.37. The van der Waals surface area contributed by atoms with Crippen LogP contribution in [0, 0.1) is 0 Å². The minimum absolute atomic E-state index is 0.0966. The largest absolute Gasteiger partial charge is 0.399 e. The number of hydrogen-bond donors (Lipinski definition) is 1. The molecule has 1 aromatic rings. The van der Waals surface area contributed by atoms with Crippen LogP contribution >= 0.6 is 15.9 Å². The van der Waals surface area contributed by atoms with E-state index in [0.29, 0.717) is 11.3 Å². The van der Waals surface area contributed by atoms with Crippen LogP contribution in [0.2, 0.25) is 0 Å². The highest BCUT2D eigenvalue weighted by molar-refractivity contribution is 9.10. The summed E-state index contributed by atoms with van der Waals surface area (Å²) < 4.78 is 0.777. The first-order chi connectivity index (χ1) is 7.18. The topological polar surface area (TPSA) is 46.3 Å². The predicted molar refractivity (Wildman–Crippen MR) is 63.7 cm³/mol. The zero-order valence-electron chi connectivity index (χ0n) is 8.37. The van der Waals surface area contributed by atoms with Crippen molar-refractivity contribution in [3.05, 3.63) is 28.2 Å². The number of hydrogen-bond acceptors (Lipinski definition) is 2. The third kappa shape index (κ3) is 2.15. The normalized spacial score (nSPS) is 15.7. The van der Waals surface area contributed by atoms with Crippen molar-refractivity contribution in [2.45, 2.75) is 12.8 Å². The Hall–Kier alpha value is -1.03. The monoisotopic (exact) mass is 268 g/mol. The number of anilines is 1. The van der Waals surface area contributed by atoms with E-state index in [-0.39, 0.29) is 5.91 Å². The molecular formula is C11H13BrN2O. The van der Waals surface area contributed by atoms with Crippen LogP contribution < -0.4 is 5.73 Å². The first kappa shape index (κ1) is 10.5. The third-order valence-corrected chi connectivity index (χ3v) is 3.27. The molecule has 2 rings (SSSR count). The van der Waals surface area contributed by atoms with Crippen molar-refractivity contribution in [2.24, 2.45) is 0 Å². The number of halogens is 1. The SMILES string of the molecule is Nc1ccc(C(=O)N2CCCC2)c(Br)c1. The number of carbonyl (C=O) groups is 1. The van der Waals surface area contributed by atoms with Gasteiger partial charge in [0.2, 0.25) is 0 Å². The number of nitrogen functional groups attached to an aromatic ring is 1. The molecule has 3 nitrogen and oxygen atoms in total. The van der Waals surface area contributed by atoms with Crippen LogP contribution in [0.25, 0.3) is 0 Å². The fourth-order valence-electron chi connectivity index (χ4n) is 1.80. The van der Waals surface area contributed by atoms with Gasteiger partial charge in [-0.15, -0.1) is 0 Å². The molecule has 1 amide bonds. The van der Waals surface area contributed by atoms with Gasteiger partial charge in [-0.1, -0.05) is 0 Å². The summed E-state index contributed by atoms with van der Waals surface area (Å²) in [6.07, 6.45) is 2.22.